The smallest absolute Gasteiger partial charge is 0.155 e. The standard InChI is InChI=1S/C10H13NO3S/c1-8(9-3-5-11-6-4-9)10(12)7-15(2,13)14/h3-6,8H,7H2,1-2H3. The van der Waals surface area contributed by atoms with Crippen LogP contribution < -0.4 is 0 Å². The van der Waals surface area contributed by atoms with E-state index in [4.69, 9.17) is 0 Å². The molecule has 1 atom stereocenters. The summed E-state index contributed by atoms with van der Waals surface area (Å²) in [5.74, 6) is -1.09. The zero-order valence-electron chi connectivity index (χ0n) is 8.67. The van der Waals surface area contributed by atoms with Crippen LogP contribution in [0.25, 0.3) is 0 Å². The van der Waals surface area contributed by atoms with Gasteiger partial charge in [0.25, 0.3) is 0 Å². The summed E-state index contributed by atoms with van der Waals surface area (Å²) in [7, 11) is -3.24. The van der Waals surface area contributed by atoms with Crippen molar-refractivity contribution in [3.05, 3.63) is 30.1 Å². The van der Waals surface area contributed by atoms with Gasteiger partial charge in [-0.2, -0.15) is 0 Å². The molecular weight excluding hydrogens is 214 g/mol. The molecule has 0 aliphatic carbocycles. The second-order valence-corrected chi connectivity index (χ2v) is 5.68. The van der Waals surface area contributed by atoms with Gasteiger partial charge in [0.1, 0.15) is 5.75 Å². The number of pyridine rings is 1. The molecule has 0 N–H and O–H groups in total. The van der Waals surface area contributed by atoms with Gasteiger partial charge in [0.15, 0.2) is 15.6 Å². The van der Waals surface area contributed by atoms with Gasteiger partial charge in [-0.25, -0.2) is 8.42 Å². The molecule has 82 valence electrons. The normalized spacial score (nSPS) is 13.5. The van der Waals surface area contributed by atoms with Crippen LogP contribution in [0.2, 0.25) is 0 Å². The predicted octanol–water partition coefficient (Wildman–Crippen LogP) is 0.799. The van der Waals surface area contributed by atoms with Crippen LogP contribution in [0.3, 0.4) is 0 Å². The SMILES string of the molecule is CC(C(=O)CS(C)(=O)=O)c1ccncc1. The molecule has 0 saturated heterocycles. The monoisotopic (exact) mass is 227 g/mol. The lowest BCUT2D eigenvalue weighted by atomic mass is 9.99. The Morgan fingerprint density at radius 3 is 2.40 bits per heavy atom. The van der Waals surface area contributed by atoms with E-state index in [1.54, 1.807) is 31.5 Å². The number of carbonyl (C=O) groups excluding carboxylic acids is 1. The summed E-state index contributed by atoms with van der Waals surface area (Å²) in [5, 5.41) is 0. The molecule has 1 unspecified atom stereocenters. The van der Waals surface area contributed by atoms with Crippen LogP contribution in [0.5, 0.6) is 0 Å². The highest BCUT2D eigenvalue weighted by atomic mass is 32.2. The van der Waals surface area contributed by atoms with Gasteiger partial charge in [0.2, 0.25) is 0 Å². The van der Waals surface area contributed by atoms with Crippen LogP contribution in [-0.2, 0) is 14.6 Å². The molecule has 1 aromatic rings. The van der Waals surface area contributed by atoms with E-state index in [1.165, 1.54) is 0 Å². The van der Waals surface area contributed by atoms with Gasteiger partial charge in [-0.1, -0.05) is 6.92 Å². The Labute approximate surface area is 89.3 Å². The van der Waals surface area contributed by atoms with Gasteiger partial charge < -0.3 is 0 Å². The van der Waals surface area contributed by atoms with Crippen molar-refractivity contribution in [2.24, 2.45) is 0 Å². The zero-order chi connectivity index (χ0) is 11.5. The fourth-order valence-corrected chi connectivity index (χ4v) is 1.99. The third kappa shape index (κ3) is 3.79. The summed E-state index contributed by atoms with van der Waals surface area (Å²) >= 11 is 0. The summed E-state index contributed by atoms with van der Waals surface area (Å²) in [5.41, 5.74) is 0.790. The van der Waals surface area contributed by atoms with Gasteiger partial charge >= 0.3 is 0 Å². The maximum atomic E-state index is 11.6. The second-order valence-electron chi connectivity index (χ2n) is 3.54. The number of sulfone groups is 1. The van der Waals surface area contributed by atoms with Crippen molar-refractivity contribution >= 4 is 15.6 Å². The zero-order valence-corrected chi connectivity index (χ0v) is 9.49. The maximum Gasteiger partial charge on any atom is 0.155 e. The van der Waals surface area contributed by atoms with E-state index in [0.29, 0.717) is 0 Å². The minimum atomic E-state index is -3.24. The molecule has 0 saturated carbocycles. The molecule has 0 bridgehead atoms. The molecule has 0 spiro atoms. The largest absolute Gasteiger partial charge is 0.298 e. The first-order chi connectivity index (χ1) is 6.90. The number of ketones is 1. The number of hydrogen-bond donors (Lipinski definition) is 0. The third-order valence-corrected chi connectivity index (χ3v) is 2.90. The lowest BCUT2D eigenvalue weighted by Crippen LogP contribution is -2.19. The summed E-state index contributed by atoms with van der Waals surface area (Å²) in [6.07, 6.45) is 4.23. The van der Waals surface area contributed by atoms with Crippen molar-refractivity contribution in [3.63, 3.8) is 0 Å². The molecule has 1 heterocycles. The number of rotatable bonds is 4. The number of Topliss-reactive ketones (excluding diaryl/α,β-unsaturated/α-hetero) is 1. The van der Waals surface area contributed by atoms with Gasteiger partial charge in [0, 0.05) is 24.6 Å². The summed E-state index contributed by atoms with van der Waals surface area (Å²) in [6.45, 7) is 1.70. The molecule has 0 amide bonds. The Morgan fingerprint density at radius 1 is 1.40 bits per heavy atom. The summed E-state index contributed by atoms with van der Waals surface area (Å²) < 4.78 is 21.9. The van der Waals surface area contributed by atoms with Gasteiger partial charge in [-0.15, -0.1) is 0 Å². The number of nitrogens with zero attached hydrogens (tertiary/aromatic N) is 1. The molecule has 0 radical (unpaired) electrons. The first kappa shape index (κ1) is 11.8. The van der Waals surface area contributed by atoms with E-state index in [2.05, 4.69) is 4.98 Å². The molecule has 0 aliphatic rings. The van der Waals surface area contributed by atoms with Crippen LogP contribution in [-0.4, -0.2) is 31.2 Å². The number of carbonyl (C=O) groups is 1. The quantitative estimate of drug-likeness (QED) is 0.763. The average Bonchev–Trinajstić information content (AvgIpc) is 2.15. The van der Waals surface area contributed by atoms with E-state index >= 15 is 0 Å². The van der Waals surface area contributed by atoms with Crippen molar-refractivity contribution in [2.45, 2.75) is 12.8 Å². The third-order valence-electron chi connectivity index (χ3n) is 2.09. The molecule has 1 aromatic heterocycles. The van der Waals surface area contributed by atoms with Crippen molar-refractivity contribution in [2.75, 3.05) is 12.0 Å². The Kier molecular flexibility index (Phi) is 3.57. The van der Waals surface area contributed by atoms with Gasteiger partial charge in [-0.3, -0.25) is 9.78 Å². The first-order valence-electron chi connectivity index (χ1n) is 4.50. The summed E-state index contributed by atoms with van der Waals surface area (Å²) in [4.78, 5) is 15.4. The van der Waals surface area contributed by atoms with E-state index in [0.717, 1.165) is 11.8 Å². The Bertz CT molecular complexity index is 439. The van der Waals surface area contributed by atoms with E-state index in [9.17, 15) is 13.2 Å². The van der Waals surface area contributed by atoms with E-state index < -0.39 is 21.5 Å². The highest BCUT2D eigenvalue weighted by molar-refractivity contribution is 7.91. The van der Waals surface area contributed by atoms with Crippen LogP contribution in [0.4, 0.5) is 0 Å². The van der Waals surface area contributed by atoms with Crippen molar-refractivity contribution in [1.29, 1.82) is 0 Å². The topological polar surface area (TPSA) is 64.1 Å². The highest BCUT2D eigenvalue weighted by Crippen LogP contribution is 2.15. The molecule has 0 fully saturated rings. The van der Waals surface area contributed by atoms with Gasteiger partial charge in [-0.05, 0) is 17.7 Å². The van der Waals surface area contributed by atoms with Crippen LogP contribution in [0.15, 0.2) is 24.5 Å². The molecule has 15 heavy (non-hydrogen) atoms. The van der Waals surface area contributed by atoms with E-state index in [1.807, 2.05) is 0 Å². The molecule has 0 aliphatic heterocycles. The molecule has 5 heteroatoms. The van der Waals surface area contributed by atoms with Crippen molar-refractivity contribution in [3.8, 4) is 0 Å². The van der Waals surface area contributed by atoms with Crippen molar-refractivity contribution in [1.82, 2.24) is 4.98 Å². The Balaban J connectivity index is 2.78. The lowest BCUT2D eigenvalue weighted by molar-refractivity contribution is -0.117. The van der Waals surface area contributed by atoms with Gasteiger partial charge in [0.05, 0.1) is 0 Å². The van der Waals surface area contributed by atoms with Crippen LogP contribution in [0, 0.1) is 0 Å². The Morgan fingerprint density at radius 2 is 1.93 bits per heavy atom. The molecular formula is C10H13NO3S. The van der Waals surface area contributed by atoms with Crippen LogP contribution in [0.1, 0.15) is 18.4 Å². The highest BCUT2D eigenvalue weighted by Gasteiger charge is 2.19. The minimum absolute atomic E-state index is 0.288. The summed E-state index contributed by atoms with van der Waals surface area (Å²) in [6, 6.07) is 3.43. The minimum Gasteiger partial charge on any atom is -0.298 e. The molecule has 1 rings (SSSR count). The number of hydrogen-bond acceptors (Lipinski definition) is 4. The Hall–Kier alpha value is -1.23. The van der Waals surface area contributed by atoms with Crippen LogP contribution >= 0.6 is 0 Å². The maximum absolute atomic E-state index is 11.6. The molecule has 0 aromatic carbocycles. The fourth-order valence-electron chi connectivity index (χ4n) is 1.22. The predicted molar refractivity (Wildman–Crippen MR) is 57.4 cm³/mol. The lowest BCUT2D eigenvalue weighted by Gasteiger charge is -2.09. The molecule has 4 nitrogen and oxygen atoms in total. The van der Waals surface area contributed by atoms with E-state index in [-0.39, 0.29) is 5.78 Å². The first-order valence-corrected chi connectivity index (χ1v) is 6.56. The fraction of sp³-hybridized carbons (Fsp3) is 0.400. The number of aromatic nitrogens is 1. The average molecular weight is 227 g/mol. The second kappa shape index (κ2) is 4.53. The van der Waals surface area contributed by atoms with Crippen molar-refractivity contribution < 1.29 is 13.2 Å².